The van der Waals surface area contributed by atoms with Crippen molar-refractivity contribution in [2.24, 2.45) is 0 Å². The second-order valence-electron chi connectivity index (χ2n) is 8.73. The maximum absolute atomic E-state index is 12.9. The third-order valence-corrected chi connectivity index (χ3v) is 7.71. The number of amides is 1. The highest BCUT2D eigenvalue weighted by atomic mass is 32.2. The van der Waals surface area contributed by atoms with E-state index in [1.807, 2.05) is 12.1 Å². The zero-order chi connectivity index (χ0) is 22.9. The van der Waals surface area contributed by atoms with Crippen molar-refractivity contribution in [3.63, 3.8) is 0 Å². The molecule has 32 heavy (non-hydrogen) atoms. The van der Waals surface area contributed by atoms with Gasteiger partial charge in [0, 0.05) is 29.9 Å². The number of nitrogens with zero attached hydrogens (tertiary/aromatic N) is 2. The molecule has 2 aromatic carbocycles. The van der Waals surface area contributed by atoms with E-state index < -0.39 is 0 Å². The smallest absolute Gasteiger partial charge is 0.266 e. The predicted octanol–water partition coefficient (Wildman–Crippen LogP) is 6.90. The second-order valence-corrected chi connectivity index (χ2v) is 10.4. The van der Waals surface area contributed by atoms with Crippen LogP contribution in [0.1, 0.15) is 46.1 Å². The second kappa shape index (κ2) is 9.24. The zero-order valence-corrected chi connectivity index (χ0v) is 20.9. The molecule has 1 amide bonds. The molecule has 1 saturated heterocycles. The molecule has 2 aromatic rings. The van der Waals surface area contributed by atoms with Crippen LogP contribution in [-0.2, 0) is 10.2 Å². The summed E-state index contributed by atoms with van der Waals surface area (Å²) in [5.74, 6) is 0.0352. The van der Waals surface area contributed by atoms with Crippen LogP contribution >= 0.6 is 24.0 Å². The first-order valence-corrected chi connectivity index (χ1v) is 12.5. The summed E-state index contributed by atoms with van der Waals surface area (Å²) in [6.45, 7) is 10.4. The van der Waals surface area contributed by atoms with Crippen LogP contribution in [0.5, 0.6) is 0 Å². The number of thiocarbonyl (C=S) groups is 1. The Labute approximate surface area is 201 Å². The van der Waals surface area contributed by atoms with Crippen LogP contribution < -0.4 is 4.90 Å². The van der Waals surface area contributed by atoms with E-state index in [1.54, 1.807) is 4.90 Å². The van der Waals surface area contributed by atoms with E-state index in [-0.39, 0.29) is 11.3 Å². The molecule has 3 nitrogen and oxygen atoms in total. The fourth-order valence-corrected chi connectivity index (χ4v) is 5.75. The average Bonchev–Trinajstić information content (AvgIpc) is 3.19. The van der Waals surface area contributed by atoms with Gasteiger partial charge < -0.3 is 4.90 Å². The zero-order valence-electron chi connectivity index (χ0n) is 19.2. The molecule has 0 unspecified atom stereocenters. The number of rotatable bonds is 6. The van der Waals surface area contributed by atoms with Gasteiger partial charge in [0.25, 0.3) is 5.91 Å². The first kappa shape index (κ1) is 22.8. The molecule has 1 fully saturated rings. The van der Waals surface area contributed by atoms with Gasteiger partial charge in [-0.1, -0.05) is 87.6 Å². The van der Waals surface area contributed by atoms with Gasteiger partial charge in [0.1, 0.15) is 4.32 Å². The number of fused-ring (bicyclic) bond motifs is 1. The Morgan fingerprint density at radius 1 is 1.00 bits per heavy atom. The lowest BCUT2D eigenvalue weighted by Crippen LogP contribution is -2.29. The van der Waals surface area contributed by atoms with Crippen molar-refractivity contribution in [3.8, 4) is 11.1 Å². The molecule has 0 aromatic heterocycles. The van der Waals surface area contributed by atoms with Gasteiger partial charge in [-0.15, -0.1) is 0 Å². The highest BCUT2D eigenvalue weighted by Crippen LogP contribution is 2.49. The molecule has 0 saturated carbocycles. The van der Waals surface area contributed by atoms with Crippen LogP contribution in [0, 0.1) is 0 Å². The quantitative estimate of drug-likeness (QED) is 0.344. The monoisotopic (exact) mass is 462 g/mol. The third kappa shape index (κ3) is 4.04. The SMILES string of the molecule is CCCCN1C(=O)/C(=C/C=C2\N(CC)c3ccc(-c4ccccc4)cc3C2(C)C)SC1=S. The number of unbranched alkanes of at least 4 members (excludes halogenated alkanes) is 1. The van der Waals surface area contributed by atoms with E-state index in [0.29, 0.717) is 15.8 Å². The maximum Gasteiger partial charge on any atom is 0.266 e. The summed E-state index contributed by atoms with van der Waals surface area (Å²) in [6.07, 6.45) is 6.10. The molecule has 0 spiro atoms. The Morgan fingerprint density at radius 3 is 2.44 bits per heavy atom. The molecule has 5 heteroatoms. The summed E-state index contributed by atoms with van der Waals surface area (Å²) in [5, 5.41) is 0. The number of allylic oxidation sites excluding steroid dienone is 3. The first-order valence-electron chi connectivity index (χ1n) is 11.3. The molecule has 0 N–H and O–H groups in total. The van der Waals surface area contributed by atoms with Crippen molar-refractivity contribution in [1.29, 1.82) is 0 Å². The number of benzene rings is 2. The van der Waals surface area contributed by atoms with Crippen molar-refractivity contribution in [2.75, 3.05) is 18.0 Å². The van der Waals surface area contributed by atoms with E-state index in [4.69, 9.17) is 12.2 Å². The summed E-state index contributed by atoms with van der Waals surface area (Å²) in [7, 11) is 0. The number of likely N-dealkylation sites (N-methyl/N-ethyl adjacent to an activating group) is 1. The Hall–Kier alpha value is -2.37. The summed E-state index contributed by atoms with van der Waals surface area (Å²) in [5.41, 5.74) is 6.05. The highest BCUT2D eigenvalue weighted by molar-refractivity contribution is 8.26. The number of anilines is 1. The normalized spacial score (nSPS) is 20.0. The van der Waals surface area contributed by atoms with Crippen LogP contribution in [0.15, 0.2) is 71.3 Å². The Kier molecular flexibility index (Phi) is 6.59. The molecular weight excluding hydrogens is 432 g/mol. The number of carbonyl (C=O) groups excluding carboxylic acids is 1. The number of carbonyl (C=O) groups is 1. The number of thioether (sulfide) groups is 1. The molecule has 2 aliphatic heterocycles. The van der Waals surface area contributed by atoms with Gasteiger partial charge in [0.15, 0.2) is 0 Å². The fraction of sp³-hybridized carbons (Fsp3) is 0.333. The van der Waals surface area contributed by atoms with Gasteiger partial charge in [-0.3, -0.25) is 9.69 Å². The van der Waals surface area contributed by atoms with Crippen molar-refractivity contribution >= 4 is 39.9 Å². The number of hydrogen-bond donors (Lipinski definition) is 0. The minimum absolute atomic E-state index is 0.0352. The lowest BCUT2D eigenvalue weighted by Gasteiger charge is -2.25. The number of hydrogen-bond acceptors (Lipinski definition) is 4. The molecule has 0 radical (unpaired) electrons. The van der Waals surface area contributed by atoms with Gasteiger partial charge in [0.2, 0.25) is 0 Å². The first-order chi connectivity index (χ1) is 15.4. The Bertz CT molecular complexity index is 1100. The third-order valence-electron chi connectivity index (χ3n) is 6.32. The van der Waals surface area contributed by atoms with Crippen molar-refractivity contribution < 1.29 is 4.79 Å². The van der Waals surface area contributed by atoms with Crippen LogP contribution in [0.25, 0.3) is 11.1 Å². The van der Waals surface area contributed by atoms with Gasteiger partial charge in [-0.2, -0.15) is 0 Å². The molecule has 4 rings (SSSR count). The van der Waals surface area contributed by atoms with Crippen molar-refractivity contribution in [1.82, 2.24) is 4.90 Å². The molecule has 2 heterocycles. The Balaban J connectivity index is 1.68. The largest absolute Gasteiger partial charge is 0.344 e. The Morgan fingerprint density at radius 2 is 1.75 bits per heavy atom. The minimum Gasteiger partial charge on any atom is -0.344 e. The van der Waals surface area contributed by atoms with E-state index >= 15 is 0 Å². The van der Waals surface area contributed by atoms with E-state index in [0.717, 1.165) is 19.4 Å². The molecule has 0 bridgehead atoms. The van der Waals surface area contributed by atoms with Crippen LogP contribution in [-0.4, -0.2) is 28.2 Å². The molecule has 0 atom stereocenters. The summed E-state index contributed by atoms with van der Waals surface area (Å²) in [4.78, 5) is 17.7. The summed E-state index contributed by atoms with van der Waals surface area (Å²) in [6, 6.07) is 17.3. The predicted molar refractivity (Wildman–Crippen MR) is 141 cm³/mol. The fourth-order valence-electron chi connectivity index (χ4n) is 4.50. The standard InChI is InChI=1S/C27H30N2OS2/c1-5-7-17-29-25(30)23(32-26(29)31)15-16-24-27(3,4)21-18-20(19-11-9-8-10-12-19)13-14-22(21)28(24)6-2/h8-16,18H,5-7,17H2,1-4H3/b23-15-,24-16-. The van der Waals surface area contributed by atoms with Crippen LogP contribution in [0.2, 0.25) is 0 Å². The van der Waals surface area contributed by atoms with Crippen LogP contribution in [0.3, 0.4) is 0 Å². The topological polar surface area (TPSA) is 23.6 Å². The van der Waals surface area contributed by atoms with E-state index in [2.05, 4.69) is 81.1 Å². The molecule has 2 aliphatic rings. The summed E-state index contributed by atoms with van der Waals surface area (Å²) >= 11 is 6.88. The van der Waals surface area contributed by atoms with Gasteiger partial charge in [-0.25, -0.2) is 0 Å². The average molecular weight is 463 g/mol. The minimum atomic E-state index is -0.165. The van der Waals surface area contributed by atoms with E-state index in [1.165, 1.54) is 39.8 Å². The molecular formula is C27H30N2OS2. The van der Waals surface area contributed by atoms with Gasteiger partial charge in [0.05, 0.1) is 4.91 Å². The van der Waals surface area contributed by atoms with Gasteiger partial charge in [-0.05, 0) is 54.3 Å². The molecule has 166 valence electrons. The van der Waals surface area contributed by atoms with Crippen molar-refractivity contribution in [2.45, 2.75) is 46.0 Å². The summed E-state index contributed by atoms with van der Waals surface area (Å²) < 4.78 is 0.668. The lowest BCUT2D eigenvalue weighted by molar-refractivity contribution is -0.122. The maximum atomic E-state index is 12.9. The van der Waals surface area contributed by atoms with Gasteiger partial charge >= 0.3 is 0 Å². The van der Waals surface area contributed by atoms with Crippen molar-refractivity contribution in [3.05, 3.63) is 76.8 Å². The highest BCUT2D eigenvalue weighted by Gasteiger charge is 2.39. The molecule has 0 aliphatic carbocycles. The van der Waals surface area contributed by atoms with E-state index in [9.17, 15) is 4.79 Å². The van der Waals surface area contributed by atoms with Crippen LogP contribution in [0.4, 0.5) is 5.69 Å². The lowest BCUT2D eigenvalue weighted by atomic mass is 9.82.